The average Bonchev–Trinajstić information content (AvgIpc) is 3.51. The van der Waals surface area contributed by atoms with Gasteiger partial charge in [0.05, 0.1) is 26.4 Å². The summed E-state index contributed by atoms with van der Waals surface area (Å²) in [6.45, 7) is 9.42. The molecule has 0 fully saturated rings. The molecule has 3 N–H and O–H groups in total. The Balaban J connectivity index is 5.18. The van der Waals surface area contributed by atoms with E-state index < -0.39 is 97.5 Å². The smallest absolute Gasteiger partial charge is 0.462 e. The van der Waals surface area contributed by atoms with Crippen molar-refractivity contribution in [3.05, 3.63) is 0 Å². The molecular formula is C66H128O17P2. The van der Waals surface area contributed by atoms with E-state index in [0.717, 1.165) is 108 Å². The van der Waals surface area contributed by atoms with Crippen molar-refractivity contribution in [3.63, 3.8) is 0 Å². The predicted molar refractivity (Wildman–Crippen MR) is 340 cm³/mol. The molecule has 0 aliphatic rings. The van der Waals surface area contributed by atoms with Crippen molar-refractivity contribution >= 4 is 39.5 Å². The monoisotopic (exact) mass is 1250 g/mol. The molecule has 0 heterocycles. The van der Waals surface area contributed by atoms with Crippen LogP contribution in [0, 0.1) is 11.8 Å². The molecule has 0 aromatic carbocycles. The van der Waals surface area contributed by atoms with Gasteiger partial charge >= 0.3 is 39.5 Å². The standard InChI is InChI=1S/C66H128O17P2/c1-7-10-12-14-15-16-17-18-19-20-21-26-32-38-44-50-65(70)83-62(55-77-64(69)49-43-37-31-25-23-22-24-30-36-41-47-59(6)9-3)57-81-85(74,75)79-53-60(67)52-78-84(72,73)80-56-61(54-76-63(68)48-42-34-13-11-8-2)82-66(71)51-45-39-33-28-27-29-35-40-46-58(4)5/h58-62,67H,7-57H2,1-6H3,(H,72,73)(H,74,75)/t59?,60-,61+,62+/m0/s1. The third-order valence-electron chi connectivity index (χ3n) is 15.6. The van der Waals surface area contributed by atoms with Gasteiger partial charge in [-0.05, 0) is 37.5 Å². The van der Waals surface area contributed by atoms with Gasteiger partial charge in [-0.25, -0.2) is 9.13 Å². The minimum absolute atomic E-state index is 0.103. The van der Waals surface area contributed by atoms with Gasteiger partial charge in [-0.1, -0.05) is 279 Å². The van der Waals surface area contributed by atoms with Crippen LogP contribution in [0.25, 0.3) is 0 Å². The number of rotatable bonds is 65. The van der Waals surface area contributed by atoms with E-state index in [-0.39, 0.29) is 25.7 Å². The van der Waals surface area contributed by atoms with E-state index in [1.165, 1.54) is 141 Å². The Morgan fingerprint density at radius 3 is 0.894 bits per heavy atom. The number of aliphatic hydroxyl groups is 1. The Morgan fingerprint density at radius 1 is 0.341 bits per heavy atom. The van der Waals surface area contributed by atoms with Crippen LogP contribution in [0.3, 0.4) is 0 Å². The van der Waals surface area contributed by atoms with Crippen LogP contribution in [-0.2, 0) is 65.4 Å². The Hall–Kier alpha value is -1.94. The summed E-state index contributed by atoms with van der Waals surface area (Å²) in [5.41, 5.74) is 0. The summed E-state index contributed by atoms with van der Waals surface area (Å²) in [6.07, 6.45) is 42.0. The molecule has 19 heteroatoms. The predicted octanol–water partition coefficient (Wildman–Crippen LogP) is 18.4. The number of phosphoric acid groups is 2. The summed E-state index contributed by atoms with van der Waals surface area (Å²) < 4.78 is 67.9. The molecule has 6 atom stereocenters. The summed E-state index contributed by atoms with van der Waals surface area (Å²) in [6, 6.07) is 0. The second kappa shape index (κ2) is 58.4. The number of phosphoric ester groups is 2. The second-order valence-electron chi connectivity index (χ2n) is 24.6. The van der Waals surface area contributed by atoms with Gasteiger partial charge in [-0.15, -0.1) is 0 Å². The summed E-state index contributed by atoms with van der Waals surface area (Å²) in [5.74, 6) is -0.613. The van der Waals surface area contributed by atoms with Crippen molar-refractivity contribution in [2.24, 2.45) is 11.8 Å². The molecule has 0 amide bonds. The van der Waals surface area contributed by atoms with Crippen molar-refractivity contribution in [1.29, 1.82) is 0 Å². The quantitative estimate of drug-likeness (QED) is 0.0222. The maximum absolute atomic E-state index is 13.0. The molecule has 0 rings (SSSR count). The zero-order valence-electron chi connectivity index (χ0n) is 54.9. The molecule has 0 aromatic rings. The molecule has 0 saturated heterocycles. The minimum atomic E-state index is -4.95. The third-order valence-corrected chi connectivity index (χ3v) is 17.5. The van der Waals surface area contributed by atoms with Crippen LogP contribution in [0.2, 0.25) is 0 Å². The van der Waals surface area contributed by atoms with Gasteiger partial charge in [-0.2, -0.15) is 0 Å². The van der Waals surface area contributed by atoms with E-state index in [4.69, 9.17) is 37.0 Å². The van der Waals surface area contributed by atoms with Gasteiger partial charge in [0.2, 0.25) is 0 Å². The van der Waals surface area contributed by atoms with Gasteiger partial charge in [0.1, 0.15) is 19.3 Å². The lowest BCUT2D eigenvalue weighted by Gasteiger charge is -2.21. The van der Waals surface area contributed by atoms with Gasteiger partial charge in [0.25, 0.3) is 0 Å². The van der Waals surface area contributed by atoms with Crippen LogP contribution in [0.1, 0.15) is 330 Å². The average molecular weight is 1260 g/mol. The zero-order chi connectivity index (χ0) is 62.9. The fourth-order valence-electron chi connectivity index (χ4n) is 9.85. The molecule has 17 nitrogen and oxygen atoms in total. The van der Waals surface area contributed by atoms with Crippen molar-refractivity contribution in [3.8, 4) is 0 Å². The number of hydrogen-bond acceptors (Lipinski definition) is 15. The number of carbonyl (C=O) groups excluding carboxylic acids is 4. The number of unbranched alkanes of at least 4 members (excludes halogenated alkanes) is 34. The molecule has 0 aliphatic heterocycles. The maximum Gasteiger partial charge on any atom is 0.472 e. The lowest BCUT2D eigenvalue weighted by molar-refractivity contribution is -0.161. The molecule has 0 saturated carbocycles. The van der Waals surface area contributed by atoms with E-state index in [2.05, 4.69) is 41.5 Å². The molecule has 504 valence electrons. The van der Waals surface area contributed by atoms with E-state index >= 15 is 0 Å². The molecule has 0 spiro atoms. The Morgan fingerprint density at radius 2 is 0.600 bits per heavy atom. The van der Waals surface area contributed by atoms with E-state index in [0.29, 0.717) is 25.7 Å². The number of carbonyl (C=O) groups is 4. The minimum Gasteiger partial charge on any atom is -0.462 e. The van der Waals surface area contributed by atoms with Crippen LogP contribution in [0.5, 0.6) is 0 Å². The first-order valence-electron chi connectivity index (χ1n) is 34.5. The van der Waals surface area contributed by atoms with E-state index in [1.54, 1.807) is 0 Å². The molecule has 3 unspecified atom stereocenters. The highest BCUT2D eigenvalue weighted by molar-refractivity contribution is 7.47. The topological polar surface area (TPSA) is 237 Å². The molecule has 0 bridgehead atoms. The van der Waals surface area contributed by atoms with Gasteiger partial charge < -0.3 is 33.8 Å². The molecule has 85 heavy (non-hydrogen) atoms. The Labute approximate surface area is 517 Å². The van der Waals surface area contributed by atoms with Crippen molar-refractivity contribution in [2.75, 3.05) is 39.6 Å². The SMILES string of the molecule is CCCCCCCCCCCCCCCCCC(=O)O[C@H](COC(=O)CCCCCCCCCCCCC(C)CC)COP(=O)(O)OC[C@@H](O)COP(=O)(O)OC[C@@H](COC(=O)CCCCCCC)OC(=O)CCCCCCCCCCC(C)C. The first-order valence-corrected chi connectivity index (χ1v) is 37.5. The number of esters is 4. The maximum atomic E-state index is 13.0. The lowest BCUT2D eigenvalue weighted by atomic mass is 9.99. The van der Waals surface area contributed by atoms with Crippen LogP contribution in [0.15, 0.2) is 0 Å². The van der Waals surface area contributed by atoms with Crippen LogP contribution >= 0.6 is 15.6 Å². The summed E-state index contributed by atoms with van der Waals surface area (Å²) >= 11 is 0. The molecule has 0 radical (unpaired) electrons. The van der Waals surface area contributed by atoms with Crippen LogP contribution in [0.4, 0.5) is 0 Å². The van der Waals surface area contributed by atoms with Crippen LogP contribution in [-0.4, -0.2) is 96.7 Å². The largest absolute Gasteiger partial charge is 0.472 e. The van der Waals surface area contributed by atoms with Crippen molar-refractivity contribution in [1.82, 2.24) is 0 Å². The highest BCUT2D eigenvalue weighted by atomic mass is 31.2. The molecular weight excluding hydrogens is 1130 g/mol. The fraction of sp³-hybridized carbons (Fsp3) is 0.939. The molecule has 0 aromatic heterocycles. The first-order chi connectivity index (χ1) is 40.9. The third kappa shape index (κ3) is 59.5. The van der Waals surface area contributed by atoms with Gasteiger partial charge in [-0.3, -0.25) is 37.3 Å². The number of ether oxygens (including phenoxy) is 4. The summed E-state index contributed by atoms with van der Waals surface area (Å²) in [5, 5.41) is 10.5. The van der Waals surface area contributed by atoms with Crippen molar-refractivity contribution in [2.45, 2.75) is 349 Å². The lowest BCUT2D eigenvalue weighted by Crippen LogP contribution is -2.30. The summed E-state index contributed by atoms with van der Waals surface area (Å²) in [7, 11) is -9.88. The Kier molecular flexibility index (Phi) is 57.1. The second-order valence-corrected chi connectivity index (χ2v) is 27.5. The highest BCUT2D eigenvalue weighted by Crippen LogP contribution is 2.45. The van der Waals surface area contributed by atoms with Crippen molar-refractivity contribution < 1.29 is 80.2 Å². The fourth-order valence-corrected chi connectivity index (χ4v) is 11.4. The molecule has 0 aliphatic carbocycles. The van der Waals surface area contributed by atoms with Gasteiger partial charge in [0, 0.05) is 25.7 Å². The first kappa shape index (κ1) is 83.1. The van der Waals surface area contributed by atoms with Gasteiger partial charge in [0.15, 0.2) is 12.2 Å². The van der Waals surface area contributed by atoms with E-state index in [1.807, 2.05) is 0 Å². The summed E-state index contributed by atoms with van der Waals surface area (Å²) in [4.78, 5) is 72.1. The Bertz CT molecular complexity index is 1670. The zero-order valence-corrected chi connectivity index (χ0v) is 56.7. The highest BCUT2D eigenvalue weighted by Gasteiger charge is 2.30. The van der Waals surface area contributed by atoms with Crippen LogP contribution < -0.4 is 0 Å². The normalized spacial score (nSPS) is 14.6. The number of aliphatic hydroxyl groups excluding tert-OH is 1. The van der Waals surface area contributed by atoms with E-state index in [9.17, 15) is 43.2 Å². The number of hydrogen-bond donors (Lipinski definition) is 3.